The molecule has 0 spiro atoms. The molecule has 0 radical (unpaired) electrons. The Kier molecular flexibility index (Phi) is 8.17. The number of benzene rings is 3. The monoisotopic (exact) mass is 420 g/mol. The van der Waals surface area contributed by atoms with Crippen LogP contribution in [0.2, 0.25) is 0 Å². The third kappa shape index (κ3) is 7.93. The Morgan fingerprint density at radius 3 is 2.13 bits per heavy atom. The van der Waals surface area contributed by atoms with Crippen LogP contribution in [0.15, 0.2) is 78.9 Å². The quantitative estimate of drug-likeness (QED) is 0.428. The van der Waals surface area contributed by atoms with Crippen LogP contribution in [0.5, 0.6) is 17.2 Å². The van der Waals surface area contributed by atoms with Crippen molar-refractivity contribution >= 4 is 17.3 Å². The molecule has 0 aliphatic carbocycles. The molecule has 3 aromatic rings. The molecule has 0 fully saturated rings. The molecule has 2 N–H and O–H groups in total. The van der Waals surface area contributed by atoms with Crippen LogP contribution in [0.1, 0.15) is 13.8 Å². The molecule has 0 aliphatic rings. The van der Waals surface area contributed by atoms with Gasteiger partial charge in [-0.1, -0.05) is 30.3 Å². The lowest BCUT2D eigenvalue weighted by molar-refractivity contribution is -0.114. The van der Waals surface area contributed by atoms with Gasteiger partial charge in [0.05, 0.1) is 12.6 Å². The third-order valence-electron chi connectivity index (χ3n) is 4.14. The molecule has 3 rings (SSSR count). The Morgan fingerprint density at radius 2 is 1.39 bits per heavy atom. The molecule has 0 aliphatic heterocycles. The number of nitrogens with one attached hydrogen (secondary N) is 2. The fourth-order valence-electron chi connectivity index (χ4n) is 2.84. The first-order valence-corrected chi connectivity index (χ1v) is 10.3. The first kappa shape index (κ1) is 22.0. The second-order valence-electron chi connectivity index (χ2n) is 7.13. The minimum absolute atomic E-state index is 0.0953. The maximum atomic E-state index is 12.3. The molecule has 0 heterocycles. The highest BCUT2D eigenvalue weighted by Gasteiger charge is 2.05. The van der Waals surface area contributed by atoms with E-state index in [1.54, 1.807) is 6.07 Å². The molecule has 3 aromatic carbocycles. The number of carbonyl (C=O) groups excluding carboxylic acids is 1. The second kappa shape index (κ2) is 11.5. The van der Waals surface area contributed by atoms with Gasteiger partial charge in [-0.25, -0.2) is 0 Å². The van der Waals surface area contributed by atoms with Gasteiger partial charge in [-0.2, -0.15) is 0 Å². The number of hydrogen-bond acceptors (Lipinski definition) is 5. The van der Waals surface area contributed by atoms with Gasteiger partial charge in [0.25, 0.3) is 0 Å². The highest BCUT2D eigenvalue weighted by molar-refractivity contribution is 5.93. The van der Waals surface area contributed by atoms with Crippen molar-refractivity contribution in [2.24, 2.45) is 0 Å². The maximum absolute atomic E-state index is 12.3. The van der Waals surface area contributed by atoms with Crippen molar-refractivity contribution in [2.45, 2.75) is 20.0 Å². The predicted molar refractivity (Wildman–Crippen MR) is 123 cm³/mol. The smallest absolute Gasteiger partial charge is 0.243 e. The Hall–Kier alpha value is -3.67. The minimum Gasteiger partial charge on any atom is -0.491 e. The third-order valence-corrected chi connectivity index (χ3v) is 4.14. The maximum Gasteiger partial charge on any atom is 0.243 e. The summed E-state index contributed by atoms with van der Waals surface area (Å²) < 4.78 is 17.0. The number of carbonyl (C=O) groups is 1. The van der Waals surface area contributed by atoms with Crippen molar-refractivity contribution in [2.75, 3.05) is 30.4 Å². The average molecular weight is 421 g/mol. The summed E-state index contributed by atoms with van der Waals surface area (Å²) in [5.74, 6) is 2.09. The molecule has 1 amide bonds. The lowest BCUT2D eigenvalue weighted by Gasteiger charge is -2.12. The van der Waals surface area contributed by atoms with Crippen molar-refractivity contribution in [1.29, 1.82) is 0 Å². The zero-order chi connectivity index (χ0) is 21.9. The van der Waals surface area contributed by atoms with Crippen LogP contribution in [0.4, 0.5) is 11.4 Å². The fourth-order valence-corrected chi connectivity index (χ4v) is 2.84. The van der Waals surface area contributed by atoms with E-state index in [1.807, 2.05) is 86.6 Å². The number of anilines is 2. The van der Waals surface area contributed by atoms with E-state index in [0.717, 1.165) is 17.2 Å². The van der Waals surface area contributed by atoms with E-state index >= 15 is 0 Å². The highest BCUT2D eigenvalue weighted by Crippen LogP contribution is 2.19. The average Bonchev–Trinajstić information content (AvgIpc) is 2.76. The van der Waals surface area contributed by atoms with Crippen LogP contribution in [0.25, 0.3) is 0 Å². The van der Waals surface area contributed by atoms with Gasteiger partial charge < -0.3 is 24.8 Å². The van der Waals surface area contributed by atoms with Crippen molar-refractivity contribution < 1.29 is 19.0 Å². The lowest BCUT2D eigenvalue weighted by atomic mass is 10.3. The van der Waals surface area contributed by atoms with Crippen LogP contribution < -0.4 is 24.8 Å². The van der Waals surface area contributed by atoms with E-state index in [-0.39, 0.29) is 18.6 Å². The summed E-state index contributed by atoms with van der Waals surface area (Å²) in [6.45, 7) is 4.93. The van der Waals surface area contributed by atoms with E-state index in [2.05, 4.69) is 10.6 Å². The largest absolute Gasteiger partial charge is 0.491 e. The van der Waals surface area contributed by atoms with Crippen LogP contribution in [-0.2, 0) is 4.79 Å². The van der Waals surface area contributed by atoms with E-state index in [0.29, 0.717) is 24.7 Å². The van der Waals surface area contributed by atoms with Crippen LogP contribution in [-0.4, -0.2) is 31.8 Å². The molecule has 0 unspecified atom stereocenters. The molecule has 0 aromatic heterocycles. The van der Waals surface area contributed by atoms with Gasteiger partial charge in [-0.15, -0.1) is 0 Å². The van der Waals surface area contributed by atoms with Gasteiger partial charge >= 0.3 is 0 Å². The Morgan fingerprint density at radius 1 is 0.774 bits per heavy atom. The van der Waals surface area contributed by atoms with Gasteiger partial charge in [0.2, 0.25) is 5.91 Å². The summed E-state index contributed by atoms with van der Waals surface area (Å²) in [6.07, 6.45) is 0.0953. The summed E-state index contributed by atoms with van der Waals surface area (Å²) in [6, 6.07) is 24.4. The molecule has 31 heavy (non-hydrogen) atoms. The minimum atomic E-state index is -0.153. The highest BCUT2D eigenvalue weighted by atomic mass is 16.5. The standard InChI is InChI=1S/C25H28N2O4/c1-19(2)31-24-13-6-8-20(16-24)26-18-25(28)27-21-9-7-12-23(17-21)30-15-14-29-22-10-4-3-5-11-22/h3-13,16-17,19,26H,14-15,18H2,1-2H3,(H,27,28). The molecule has 0 saturated heterocycles. The van der Waals surface area contributed by atoms with Crippen molar-refractivity contribution in [3.63, 3.8) is 0 Å². The second-order valence-corrected chi connectivity index (χ2v) is 7.13. The number of hydrogen-bond donors (Lipinski definition) is 2. The molecular weight excluding hydrogens is 392 g/mol. The summed E-state index contributed by atoms with van der Waals surface area (Å²) in [7, 11) is 0. The summed E-state index contributed by atoms with van der Waals surface area (Å²) in [4.78, 5) is 12.3. The first-order chi connectivity index (χ1) is 15.1. The number of rotatable bonds is 11. The summed E-state index contributed by atoms with van der Waals surface area (Å²) in [5, 5.41) is 5.98. The number of amides is 1. The zero-order valence-electron chi connectivity index (χ0n) is 17.8. The van der Waals surface area contributed by atoms with Crippen molar-refractivity contribution in [3.05, 3.63) is 78.9 Å². The van der Waals surface area contributed by atoms with E-state index in [9.17, 15) is 4.79 Å². The van der Waals surface area contributed by atoms with Gasteiger partial charge in [-0.3, -0.25) is 4.79 Å². The van der Waals surface area contributed by atoms with E-state index < -0.39 is 0 Å². The molecule has 0 saturated carbocycles. The predicted octanol–water partition coefficient (Wildman–Crippen LogP) is 4.98. The Balaban J connectivity index is 1.43. The number of ether oxygens (including phenoxy) is 3. The van der Waals surface area contributed by atoms with E-state index in [4.69, 9.17) is 14.2 Å². The van der Waals surface area contributed by atoms with Gasteiger partial charge in [-0.05, 0) is 50.2 Å². The molecule has 6 nitrogen and oxygen atoms in total. The molecule has 0 atom stereocenters. The topological polar surface area (TPSA) is 68.8 Å². The summed E-state index contributed by atoms with van der Waals surface area (Å²) >= 11 is 0. The molecular formula is C25H28N2O4. The SMILES string of the molecule is CC(C)Oc1cccc(NCC(=O)Nc2cccc(OCCOc3ccccc3)c2)c1. The zero-order valence-corrected chi connectivity index (χ0v) is 17.8. The van der Waals surface area contributed by atoms with Gasteiger partial charge in [0.1, 0.15) is 30.5 Å². The first-order valence-electron chi connectivity index (χ1n) is 10.3. The lowest BCUT2D eigenvalue weighted by Crippen LogP contribution is -2.21. The molecule has 0 bridgehead atoms. The molecule has 6 heteroatoms. The van der Waals surface area contributed by atoms with Crippen LogP contribution >= 0.6 is 0 Å². The Labute approximate surface area is 183 Å². The normalized spacial score (nSPS) is 10.4. The fraction of sp³-hybridized carbons (Fsp3) is 0.240. The summed E-state index contributed by atoms with van der Waals surface area (Å²) in [5.41, 5.74) is 1.49. The number of para-hydroxylation sites is 1. The Bertz CT molecular complexity index is 961. The van der Waals surface area contributed by atoms with Gasteiger partial charge in [0.15, 0.2) is 0 Å². The van der Waals surface area contributed by atoms with E-state index in [1.165, 1.54) is 0 Å². The molecule has 162 valence electrons. The van der Waals surface area contributed by atoms with Gasteiger partial charge in [0, 0.05) is 23.5 Å². The van der Waals surface area contributed by atoms with Crippen LogP contribution in [0.3, 0.4) is 0 Å². The van der Waals surface area contributed by atoms with Crippen molar-refractivity contribution in [3.8, 4) is 17.2 Å². The van der Waals surface area contributed by atoms with Crippen LogP contribution in [0, 0.1) is 0 Å². The van der Waals surface area contributed by atoms with Crippen molar-refractivity contribution in [1.82, 2.24) is 0 Å².